The maximum atomic E-state index is 12.1. The molecular formula is C13H11ClO2S. The summed E-state index contributed by atoms with van der Waals surface area (Å²) >= 11 is 7.11. The smallest absolute Gasteiger partial charge is 0.203 e. The Balaban J connectivity index is 2.35. The molecule has 2 rings (SSSR count). The van der Waals surface area contributed by atoms with E-state index in [-0.39, 0.29) is 5.78 Å². The Bertz CT molecular complexity index is 560. The number of carbonyl (C=O) groups excluding carboxylic acids is 1. The minimum atomic E-state index is -0.00680. The van der Waals surface area contributed by atoms with Crippen molar-refractivity contribution in [2.24, 2.45) is 0 Å². The highest BCUT2D eigenvalue weighted by Crippen LogP contribution is 2.25. The molecule has 17 heavy (non-hydrogen) atoms. The Morgan fingerprint density at radius 1 is 1.29 bits per heavy atom. The fourth-order valence-electron chi connectivity index (χ4n) is 1.60. The van der Waals surface area contributed by atoms with E-state index < -0.39 is 0 Å². The number of rotatable bonds is 3. The predicted molar refractivity (Wildman–Crippen MR) is 70.5 cm³/mol. The minimum Gasteiger partial charge on any atom is -0.496 e. The molecule has 0 amide bonds. The van der Waals surface area contributed by atoms with Gasteiger partial charge in [0.05, 0.1) is 16.3 Å². The minimum absolute atomic E-state index is 0.00680. The molecule has 4 heteroatoms. The van der Waals surface area contributed by atoms with Crippen LogP contribution in [-0.2, 0) is 0 Å². The highest BCUT2D eigenvalue weighted by molar-refractivity contribution is 7.18. The van der Waals surface area contributed by atoms with Crippen molar-refractivity contribution in [2.75, 3.05) is 7.11 Å². The molecule has 0 spiro atoms. The van der Waals surface area contributed by atoms with Gasteiger partial charge in [-0.15, -0.1) is 11.3 Å². The Labute approximate surface area is 109 Å². The van der Waals surface area contributed by atoms with Gasteiger partial charge in [-0.25, -0.2) is 0 Å². The number of aryl methyl sites for hydroxylation is 1. The zero-order chi connectivity index (χ0) is 12.4. The molecule has 0 radical (unpaired) electrons. The van der Waals surface area contributed by atoms with Gasteiger partial charge in [0.2, 0.25) is 5.78 Å². The lowest BCUT2D eigenvalue weighted by molar-refractivity contribution is 0.104. The molecule has 0 aliphatic heterocycles. The van der Waals surface area contributed by atoms with Gasteiger partial charge < -0.3 is 4.74 Å². The first-order valence-corrected chi connectivity index (χ1v) is 6.26. The molecule has 1 aromatic heterocycles. The second-order valence-electron chi connectivity index (χ2n) is 3.62. The SMILES string of the molecule is COc1ccc(C(=O)c2ccc(Cl)s2)cc1C. The third-order valence-electron chi connectivity index (χ3n) is 2.45. The van der Waals surface area contributed by atoms with Crippen molar-refractivity contribution >= 4 is 28.7 Å². The molecule has 2 aromatic rings. The van der Waals surface area contributed by atoms with Crippen molar-refractivity contribution in [3.63, 3.8) is 0 Å². The Morgan fingerprint density at radius 2 is 2.06 bits per heavy atom. The molecule has 2 nitrogen and oxygen atoms in total. The van der Waals surface area contributed by atoms with E-state index in [9.17, 15) is 4.79 Å². The van der Waals surface area contributed by atoms with Gasteiger partial charge in [0.15, 0.2) is 0 Å². The number of benzene rings is 1. The lowest BCUT2D eigenvalue weighted by atomic mass is 10.1. The highest BCUT2D eigenvalue weighted by Gasteiger charge is 2.12. The zero-order valence-corrected chi connectivity index (χ0v) is 11.1. The van der Waals surface area contributed by atoms with Crippen LogP contribution in [0.2, 0.25) is 4.34 Å². The van der Waals surface area contributed by atoms with Crippen molar-refractivity contribution < 1.29 is 9.53 Å². The molecule has 0 saturated carbocycles. The topological polar surface area (TPSA) is 26.3 Å². The van der Waals surface area contributed by atoms with Crippen LogP contribution < -0.4 is 4.74 Å². The van der Waals surface area contributed by atoms with Crippen molar-refractivity contribution in [3.05, 3.63) is 50.7 Å². The van der Waals surface area contributed by atoms with Crippen LogP contribution in [0.4, 0.5) is 0 Å². The number of ether oxygens (including phenoxy) is 1. The number of hydrogen-bond acceptors (Lipinski definition) is 3. The first-order chi connectivity index (χ1) is 8.11. The lowest BCUT2D eigenvalue weighted by Gasteiger charge is -2.05. The third-order valence-corrected chi connectivity index (χ3v) is 3.68. The number of hydrogen-bond donors (Lipinski definition) is 0. The molecule has 0 fully saturated rings. The summed E-state index contributed by atoms with van der Waals surface area (Å²) in [5, 5.41) is 0. The molecule has 0 N–H and O–H groups in total. The van der Waals surface area contributed by atoms with Crippen LogP contribution in [-0.4, -0.2) is 12.9 Å². The summed E-state index contributed by atoms with van der Waals surface area (Å²) in [4.78, 5) is 12.8. The molecule has 0 atom stereocenters. The van der Waals surface area contributed by atoms with Crippen molar-refractivity contribution in [2.45, 2.75) is 6.92 Å². The largest absolute Gasteiger partial charge is 0.496 e. The molecule has 0 aliphatic carbocycles. The monoisotopic (exact) mass is 266 g/mol. The number of carbonyl (C=O) groups is 1. The Hall–Kier alpha value is -1.32. The quantitative estimate of drug-likeness (QED) is 0.787. The number of ketones is 1. The molecule has 0 saturated heterocycles. The second kappa shape index (κ2) is 4.90. The fourth-order valence-corrected chi connectivity index (χ4v) is 2.60. The van der Waals surface area contributed by atoms with Gasteiger partial charge in [0, 0.05) is 5.56 Å². The van der Waals surface area contributed by atoms with Crippen LogP contribution in [0.3, 0.4) is 0 Å². The van der Waals surface area contributed by atoms with E-state index in [1.165, 1.54) is 11.3 Å². The summed E-state index contributed by atoms with van der Waals surface area (Å²) in [7, 11) is 1.61. The van der Waals surface area contributed by atoms with Gasteiger partial charge in [-0.1, -0.05) is 11.6 Å². The highest BCUT2D eigenvalue weighted by atomic mass is 35.5. The van der Waals surface area contributed by atoms with E-state index >= 15 is 0 Å². The average Bonchev–Trinajstić information content (AvgIpc) is 2.75. The molecule has 0 unspecified atom stereocenters. The Kier molecular flexibility index (Phi) is 3.50. The fraction of sp³-hybridized carbons (Fsp3) is 0.154. The van der Waals surface area contributed by atoms with Crippen LogP contribution in [0.1, 0.15) is 20.8 Å². The number of halogens is 1. The first-order valence-electron chi connectivity index (χ1n) is 5.06. The number of methoxy groups -OCH3 is 1. The zero-order valence-electron chi connectivity index (χ0n) is 9.49. The van der Waals surface area contributed by atoms with Gasteiger partial charge >= 0.3 is 0 Å². The summed E-state index contributed by atoms with van der Waals surface area (Å²) in [5.74, 6) is 0.776. The molecule has 1 aromatic carbocycles. The second-order valence-corrected chi connectivity index (χ2v) is 5.33. The van der Waals surface area contributed by atoms with Crippen LogP contribution in [0, 0.1) is 6.92 Å². The van der Waals surface area contributed by atoms with Gasteiger partial charge in [-0.2, -0.15) is 0 Å². The van der Waals surface area contributed by atoms with E-state index in [1.807, 2.05) is 13.0 Å². The molecule has 0 aliphatic rings. The van der Waals surface area contributed by atoms with Crippen LogP contribution in [0.15, 0.2) is 30.3 Å². The van der Waals surface area contributed by atoms with Gasteiger partial charge in [0.25, 0.3) is 0 Å². The summed E-state index contributed by atoms with van der Waals surface area (Å²) < 4.78 is 5.78. The Morgan fingerprint density at radius 3 is 2.59 bits per heavy atom. The van der Waals surface area contributed by atoms with E-state index in [0.717, 1.165) is 11.3 Å². The van der Waals surface area contributed by atoms with Crippen LogP contribution in [0.5, 0.6) is 5.75 Å². The van der Waals surface area contributed by atoms with Gasteiger partial charge in [-0.05, 0) is 42.8 Å². The maximum absolute atomic E-state index is 12.1. The van der Waals surface area contributed by atoms with Crippen LogP contribution in [0.25, 0.3) is 0 Å². The predicted octanol–water partition coefficient (Wildman–Crippen LogP) is 3.95. The molecular weight excluding hydrogens is 256 g/mol. The first kappa shape index (κ1) is 12.1. The third kappa shape index (κ3) is 2.51. The van der Waals surface area contributed by atoms with E-state index in [4.69, 9.17) is 16.3 Å². The van der Waals surface area contributed by atoms with E-state index in [0.29, 0.717) is 14.8 Å². The average molecular weight is 267 g/mol. The van der Waals surface area contributed by atoms with Crippen molar-refractivity contribution in [1.82, 2.24) is 0 Å². The van der Waals surface area contributed by atoms with Gasteiger partial charge in [0.1, 0.15) is 5.75 Å². The summed E-state index contributed by atoms with van der Waals surface area (Å²) in [6, 6.07) is 8.87. The van der Waals surface area contributed by atoms with Gasteiger partial charge in [-0.3, -0.25) is 4.79 Å². The molecule has 0 bridgehead atoms. The van der Waals surface area contributed by atoms with Crippen molar-refractivity contribution in [1.29, 1.82) is 0 Å². The molecule has 88 valence electrons. The standard InChI is InChI=1S/C13H11ClO2S/c1-8-7-9(3-4-10(8)16-2)13(15)11-5-6-12(14)17-11/h3-7H,1-2H3. The van der Waals surface area contributed by atoms with E-state index in [1.54, 1.807) is 31.4 Å². The lowest BCUT2D eigenvalue weighted by Crippen LogP contribution is -1.99. The normalized spacial score (nSPS) is 10.3. The van der Waals surface area contributed by atoms with Crippen LogP contribution >= 0.6 is 22.9 Å². The molecule has 1 heterocycles. The summed E-state index contributed by atoms with van der Waals surface area (Å²) in [6.45, 7) is 1.91. The van der Waals surface area contributed by atoms with Crippen molar-refractivity contribution in [3.8, 4) is 5.75 Å². The summed E-state index contributed by atoms with van der Waals surface area (Å²) in [6.07, 6.45) is 0. The summed E-state index contributed by atoms with van der Waals surface area (Å²) in [5.41, 5.74) is 1.60. The van der Waals surface area contributed by atoms with E-state index in [2.05, 4.69) is 0 Å². The maximum Gasteiger partial charge on any atom is 0.203 e. The number of thiophene rings is 1.